The number of nitrogens with zero attached hydrogens (tertiary/aromatic N) is 2. The number of carbonyl (C=O) groups is 1. The molecule has 0 aliphatic heterocycles. The van der Waals surface area contributed by atoms with Crippen molar-refractivity contribution in [2.75, 3.05) is 0 Å². The lowest BCUT2D eigenvalue weighted by Crippen LogP contribution is -2.06. The van der Waals surface area contributed by atoms with Gasteiger partial charge >= 0.3 is 5.97 Å². The maximum atomic E-state index is 10.5. The van der Waals surface area contributed by atoms with Crippen LogP contribution in [0.3, 0.4) is 0 Å². The molecule has 2 aromatic rings. The van der Waals surface area contributed by atoms with Gasteiger partial charge < -0.3 is 9.67 Å². The van der Waals surface area contributed by atoms with E-state index in [1.54, 1.807) is 10.8 Å². The second-order valence-corrected chi connectivity index (χ2v) is 3.69. The number of imidazole rings is 1. The van der Waals surface area contributed by atoms with Crippen LogP contribution in [-0.2, 0) is 11.3 Å². The van der Waals surface area contributed by atoms with Crippen LogP contribution in [0.15, 0.2) is 36.8 Å². The molecule has 0 saturated heterocycles. The maximum Gasteiger partial charge on any atom is 0.323 e. The predicted octanol–water partition coefficient (Wildman–Crippen LogP) is 1.94. The summed E-state index contributed by atoms with van der Waals surface area (Å²) in [6.45, 7) is 1.96. The number of aryl methyl sites for hydroxylation is 1. The van der Waals surface area contributed by atoms with Crippen LogP contribution in [0.2, 0.25) is 0 Å². The maximum absolute atomic E-state index is 10.5. The molecular weight excluding hydrogens is 204 g/mol. The van der Waals surface area contributed by atoms with E-state index in [2.05, 4.69) is 4.98 Å². The van der Waals surface area contributed by atoms with Gasteiger partial charge in [0, 0.05) is 11.8 Å². The molecule has 0 radical (unpaired) electrons. The second kappa shape index (κ2) is 4.18. The zero-order valence-corrected chi connectivity index (χ0v) is 8.92. The SMILES string of the molecule is Cc1ccc(-c2cn(CC(=O)O)cn2)cc1. The van der Waals surface area contributed by atoms with Gasteiger partial charge in [0.2, 0.25) is 0 Å². The van der Waals surface area contributed by atoms with Gasteiger partial charge in [0.25, 0.3) is 0 Å². The van der Waals surface area contributed by atoms with Gasteiger partial charge in [-0.25, -0.2) is 4.98 Å². The van der Waals surface area contributed by atoms with Crippen LogP contribution in [0, 0.1) is 6.92 Å². The number of aliphatic carboxylic acids is 1. The van der Waals surface area contributed by atoms with E-state index < -0.39 is 5.97 Å². The molecule has 2 rings (SSSR count). The molecule has 0 fully saturated rings. The van der Waals surface area contributed by atoms with Crippen LogP contribution in [-0.4, -0.2) is 20.6 Å². The van der Waals surface area contributed by atoms with Crippen LogP contribution < -0.4 is 0 Å². The van der Waals surface area contributed by atoms with Gasteiger partial charge in [0.15, 0.2) is 0 Å². The highest BCUT2D eigenvalue weighted by Crippen LogP contribution is 2.17. The van der Waals surface area contributed by atoms with Crippen molar-refractivity contribution in [1.82, 2.24) is 9.55 Å². The standard InChI is InChI=1S/C12H12N2O2/c1-9-2-4-10(5-3-9)11-6-14(8-13-11)7-12(15)16/h2-6,8H,7H2,1H3,(H,15,16). The largest absolute Gasteiger partial charge is 0.480 e. The Hall–Kier alpha value is -2.10. The topological polar surface area (TPSA) is 55.1 Å². The Balaban J connectivity index is 2.24. The summed E-state index contributed by atoms with van der Waals surface area (Å²) in [6.07, 6.45) is 3.27. The summed E-state index contributed by atoms with van der Waals surface area (Å²) in [6, 6.07) is 7.96. The lowest BCUT2D eigenvalue weighted by Gasteiger charge is -1.97. The molecule has 4 nitrogen and oxygen atoms in total. The van der Waals surface area contributed by atoms with E-state index in [9.17, 15) is 4.79 Å². The zero-order chi connectivity index (χ0) is 11.5. The fourth-order valence-electron chi connectivity index (χ4n) is 1.48. The average molecular weight is 216 g/mol. The Labute approximate surface area is 93.2 Å². The van der Waals surface area contributed by atoms with E-state index in [-0.39, 0.29) is 6.54 Å². The summed E-state index contributed by atoms with van der Waals surface area (Å²) < 4.78 is 1.55. The van der Waals surface area contributed by atoms with E-state index in [0.29, 0.717) is 0 Å². The summed E-state index contributed by atoms with van der Waals surface area (Å²) in [4.78, 5) is 14.7. The molecule has 0 bridgehead atoms. The molecule has 0 aliphatic carbocycles. The number of aromatic nitrogens is 2. The van der Waals surface area contributed by atoms with Crippen molar-refractivity contribution >= 4 is 5.97 Å². The highest BCUT2D eigenvalue weighted by molar-refractivity contribution is 5.67. The Kier molecular flexibility index (Phi) is 2.72. The van der Waals surface area contributed by atoms with E-state index in [0.717, 1.165) is 11.3 Å². The molecule has 0 spiro atoms. The minimum absolute atomic E-state index is 0.0567. The molecule has 0 atom stereocenters. The Bertz CT molecular complexity index is 500. The number of rotatable bonds is 3. The molecule has 0 saturated carbocycles. The van der Waals surface area contributed by atoms with Gasteiger partial charge in [-0.3, -0.25) is 4.79 Å². The highest BCUT2D eigenvalue weighted by atomic mass is 16.4. The monoisotopic (exact) mass is 216 g/mol. The smallest absolute Gasteiger partial charge is 0.323 e. The van der Waals surface area contributed by atoms with Gasteiger partial charge in [0.05, 0.1) is 12.0 Å². The van der Waals surface area contributed by atoms with Gasteiger partial charge in [-0.1, -0.05) is 29.8 Å². The second-order valence-electron chi connectivity index (χ2n) is 3.69. The Morgan fingerprint density at radius 1 is 1.38 bits per heavy atom. The van der Waals surface area contributed by atoms with Crippen molar-refractivity contribution in [3.63, 3.8) is 0 Å². The molecule has 4 heteroatoms. The first-order valence-corrected chi connectivity index (χ1v) is 4.96. The number of carboxylic acid groups (broad SMARTS) is 1. The Morgan fingerprint density at radius 2 is 2.06 bits per heavy atom. The minimum atomic E-state index is -0.868. The molecule has 1 N–H and O–H groups in total. The van der Waals surface area contributed by atoms with E-state index >= 15 is 0 Å². The third-order valence-corrected chi connectivity index (χ3v) is 2.30. The molecule has 1 aromatic heterocycles. The van der Waals surface area contributed by atoms with Crippen LogP contribution >= 0.6 is 0 Å². The van der Waals surface area contributed by atoms with Crippen molar-refractivity contribution in [3.05, 3.63) is 42.4 Å². The first-order valence-electron chi connectivity index (χ1n) is 4.96. The minimum Gasteiger partial charge on any atom is -0.480 e. The van der Waals surface area contributed by atoms with Crippen LogP contribution in [0.1, 0.15) is 5.56 Å². The molecule has 0 unspecified atom stereocenters. The summed E-state index contributed by atoms with van der Waals surface area (Å²) in [5.74, 6) is -0.868. The molecule has 1 aromatic carbocycles. The van der Waals surface area contributed by atoms with Crippen molar-refractivity contribution in [2.45, 2.75) is 13.5 Å². The number of hydrogen-bond donors (Lipinski definition) is 1. The highest BCUT2D eigenvalue weighted by Gasteiger charge is 2.04. The fraction of sp³-hybridized carbons (Fsp3) is 0.167. The van der Waals surface area contributed by atoms with E-state index in [1.165, 1.54) is 11.9 Å². The van der Waals surface area contributed by atoms with Crippen molar-refractivity contribution in [1.29, 1.82) is 0 Å². The molecule has 16 heavy (non-hydrogen) atoms. The molecule has 0 amide bonds. The van der Waals surface area contributed by atoms with Gasteiger partial charge in [-0.05, 0) is 6.92 Å². The van der Waals surface area contributed by atoms with Gasteiger partial charge in [-0.15, -0.1) is 0 Å². The van der Waals surface area contributed by atoms with Crippen LogP contribution in [0.4, 0.5) is 0 Å². The van der Waals surface area contributed by atoms with Crippen molar-refractivity contribution in [3.8, 4) is 11.3 Å². The summed E-state index contributed by atoms with van der Waals surface area (Å²) in [5, 5.41) is 8.63. The van der Waals surface area contributed by atoms with Crippen LogP contribution in [0.5, 0.6) is 0 Å². The third kappa shape index (κ3) is 2.28. The van der Waals surface area contributed by atoms with Gasteiger partial charge in [0.1, 0.15) is 6.54 Å². The zero-order valence-electron chi connectivity index (χ0n) is 8.92. The van der Waals surface area contributed by atoms with Gasteiger partial charge in [-0.2, -0.15) is 0 Å². The molecule has 82 valence electrons. The van der Waals surface area contributed by atoms with Crippen molar-refractivity contribution < 1.29 is 9.90 Å². The number of benzene rings is 1. The average Bonchev–Trinajstić information content (AvgIpc) is 2.66. The van der Waals surface area contributed by atoms with Crippen molar-refractivity contribution in [2.24, 2.45) is 0 Å². The number of carboxylic acids is 1. The lowest BCUT2D eigenvalue weighted by molar-refractivity contribution is -0.137. The van der Waals surface area contributed by atoms with E-state index in [1.807, 2.05) is 31.2 Å². The summed E-state index contributed by atoms with van der Waals surface area (Å²) in [5.41, 5.74) is 2.98. The molecule has 0 aliphatic rings. The first kappa shape index (κ1) is 10.4. The molecular formula is C12H12N2O2. The van der Waals surface area contributed by atoms with Crippen LogP contribution in [0.25, 0.3) is 11.3 Å². The van der Waals surface area contributed by atoms with E-state index in [4.69, 9.17) is 5.11 Å². The normalized spacial score (nSPS) is 10.3. The molecule has 1 heterocycles. The summed E-state index contributed by atoms with van der Waals surface area (Å²) in [7, 11) is 0. The fourth-order valence-corrected chi connectivity index (χ4v) is 1.48. The first-order chi connectivity index (χ1) is 7.65. The predicted molar refractivity (Wildman–Crippen MR) is 60.0 cm³/mol. The Morgan fingerprint density at radius 3 is 2.69 bits per heavy atom. The summed E-state index contributed by atoms with van der Waals surface area (Å²) >= 11 is 0. The lowest BCUT2D eigenvalue weighted by atomic mass is 10.1. The quantitative estimate of drug-likeness (QED) is 0.853. The third-order valence-electron chi connectivity index (χ3n) is 2.30. The number of hydrogen-bond acceptors (Lipinski definition) is 2.